The first-order valence-electron chi connectivity index (χ1n) is 4.86. The van der Waals surface area contributed by atoms with Crippen molar-refractivity contribution in [3.05, 3.63) is 54.1 Å². The van der Waals surface area contributed by atoms with Crippen molar-refractivity contribution in [2.45, 2.75) is 6.61 Å². The zero-order chi connectivity index (χ0) is 11.4. The van der Waals surface area contributed by atoms with Crippen molar-refractivity contribution in [1.82, 2.24) is 0 Å². The van der Waals surface area contributed by atoms with Gasteiger partial charge in [-0.3, -0.25) is 0 Å². The second kappa shape index (κ2) is 4.57. The van der Waals surface area contributed by atoms with E-state index in [2.05, 4.69) is 6.07 Å². The molecule has 0 aliphatic carbocycles. The second-order valence-electron chi connectivity index (χ2n) is 3.33. The molecule has 2 aromatic rings. The zero-order valence-electron chi connectivity index (χ0n) is 8.55. The number of phenols is 2. The van der Waals surface area contributed by atoms with Gasteiger partial charge in [-0.25, -0.2) is 0 Å². The van der Waals surface area contributed by atoms with Gasteiger partial charge in [0.2, 0.25) is 0 Å². The van der Waals surface area contributed by atoms with E-state index in [1.165, 1.54) is 12.1 Å². The molecule has 2 aromatic carbocycles. The molecule has 0 fully saturated rings. The van der Waals surface area contributed by atoms with Crippen LogP contribution in [0, 0.1) is 6.07 Å². The molecule has 3 nitrogen and oxygen atoms in total. The standard InChI is InChI=1S/C13H11O3/c14-11-6-7-12(15)13(8-11)16-9-10-4-2-1-3-5-10/h1-7,14-15H,9H2. The summed E-state index contributed by atoms with van der Waals surface area (Å²) in [5, 5.41) is 18.6. The molecule has 1 radical (unpaired) electrons. The van der Waals surface area contributed by atoms with E-state index in [1.54, 1.807) is 0 Å². The molecule has 0 spiro atoms. The maximum absolute atomic E-state index is 9.45. The van der Waals surface area contributed by atoms with Crippen LogP contribution in [-0.4, -0.2) is 10.2 Å². The summed E-state index contributed by atoms with van der Waals surface area (Å²) in [5.41, 5.74) is 0.985. The van der Waals surface area contributed by atoms with E-state index in [9.17, 15) is 10.2 Å². The van der Waals surface area contributed by atoms with Crippen molar-refractivity contribution in [3.8, 4) is 17.2 Å². The maximum Gasteiger partial charge on any atom is 0.173 e. The SMILES string of the molecule is Oc1[c]c(OCc2ccccc2)c(O)cc1. The number of phenolic OH excluding ortho intramolecular Hbond substituents is 2. The molecule has 0 saturated carbocycles. The van der Waals surface area contributed by atoms with Crippen LogP contribution >= 0.6 is 0 Å². The van der Waals surface area contributed by atoms with Crippen molar-refractivity contribution >= 4 is 0 Å². The third kappa shape index (κ3) is 2.45. The van der Waals surface area contributed by atoms with Crippen molar-refractivity contribution in [2.75, 3.05) is 0 Å². The summed E-state index contributed by atoms with van der Waals surface area (Å²) in [5.74, 6) is 0.0680. The Balaban J connectivity index is 2.08. The first-order chi connectivity index (χ1) is 7.75. The highest BCUT2D eigenvalue weighted by molar-refractivity contribution is 5.42. The molecular weight excluding hydrogens is 204 g/mol. The predicted octanol–water partition coefficient (Wildman–Crippen LogP) is 2.48. The average molecular weight is 215 g/mol. The molecule has 0 amide bonds. The van der Waals surface area contributed by atoms with Gasteiger partial charge in [-0.1, -0.05) is 30.3 Å². The molecule has 0 atom stereocenters. The molecular formula is C13H11O3. The van der Waals surface area contributed by atoms with Crippen LogP contribution in [0.1, 0.15) is 5.56 Å². The van der Waals surface area contributed by atoms with Crippen molar-refractivity contribution in [3.63, 3.8) is 0 Å². The molecule has 0 unspecified atom stereocenters. The zero-order valence-corrected chi connectivity index (χ0v) is 8.55. The molecule has 0 saturated heterocycles. The molecule has 2 N–H and O–H groups in total. The Morgan fingerprint density at radius 2 is 1.75 bits per heavy atom. The Kier molecular flexibility index (Phi) is 2.96. The van der Waals surface area contributed by atoms with E-state index >= 15 is 0 Å². The Morgan fingerprint density at radius 3 is 2.50 bits per heavy atom. The van der Waals surface area contributed by atoms with Crippen LogP contribution < -0.4 is 4.74 Å². The quantitative estimate of drug-likeness (QED) is 0.773. The molecule has 0 aromatic heterocycles. The highest BCUT2D eigenvalue weighted by Gasteiger charge is 2.04. The largest absolute Gasteiger partial charge is 0.507 e. The van der Waals surface area contributed by atoms with E-state index in [-0.39, 0.29) is 17.2 Å². The van der Waals surface area contributed by atoms with Gasteiger partial charge in [0.1, 0.15) is 12.4 Å². The van der Waals surface area contributed by atoms with Crippen LogP contribution in [0.15, 0.2) is 42.5 Å². The number of hydrogen-bond donors (Lipinski definition) is 2. The lowest BCUT2D eigenvalue weighted by atomic mass is 10.2. The van der Waals surface area contributed by atoms with E-state index in [0.29, 0.717) is 6.61 Å². The fourth-order valence-corrected chi connectivity index (χ4v) is 1.30. The molecule has 0 bridgehead atoms. The first-order valence-corrected chi connectivity index (χ1v) is 4.86. The molecule has 0 aliphatic heterocycles. The third-order valence-corrected chi connectivity index (χ3v) is 2.10. The Hall–Kier alpha value is -2.16. The number of hydrogen-bond acceptors (Lipinski definition) is 3. The van der Waals surface area contributed by atoms with E-state index in [4.69, 9.17) is 4.74 Å². The maximum atomic E-state index is 9.45. The summed E-state index contributed by atoms with van der Waals surface area (Å²) in [6.45, 7) is 0.328. The van der Waals surface area contributed by atoms with Gasteiger partial charge < -0.3 is 14.9 Å². The van der Waals surface area contributed by atoms with Gasteiger partial charge in [0, 0.05) is 0 Å². The summed E-state index contributed by atoms with van der Waals surface area (Å²) < 4.78 is 5.34. The summed E-state index contributed by atoms with van der Waals surface area (Å²) in [7, 11) is 0. The second-order valence-corrected chi connectivity index (χ2v) is 3.33. The molecule has 0 heterocycles. The van der Waals surface area contributed by atoms with E-state index < -0.39 is 0 Å². The van der Waals surface area contributed by atoms with Crippen molar-refractivity contribution in [1.29, 1.82) is 0 Å². The third-order valence-electron chi connectivity index (χ3n) is 2.10. The Morgan fingerprint density at radius 1 is 1.00 bits per heavy atom. The van der Waals surface area contributed by atoms with Gasteiger partial charge in [-0.05, 0) is 17.7 Å². The number of ether oxygens (including phenoxy) is 1. The van der Waals surface area contributed by atoms with Gasteiger partial charge in [0.15, 0.2) is 11.5 Å². The first kappa shape index (κ1) is 10.4. The van der Waals surface area contributed by atoms with Gasteiger partial charge in [0.05, 0.1) is 6.07 Å². The lowest BCUT2D eigenvalue weighted by molar-refractivity contribution is 0.286. The average Bonchev–Trinajstić information content (AvgIpc) is 2.32. The number of benzene rings is 2. The summed E-state index contributed by atoms with van der Waals surface area (Å²) in [4.78, 5) is 0. The summed E-state index contributed by atoms with van der Waals surface area (Å²) >= 11 is 0. The smallest absolute Gasteiger partial charge is 0.173 e. The summed E-state index contributed by atoms with van der Waals surface area (Å²) in [6.07, 6.45) is 0. The van der Waals surface area contributed by atoms with Gasteiger partial charge in [0.25, 0.3) is 0 Å². The Labute approximate surface area is 93.6 Å². The van der Waals surface area contributed by atoms with Crippen LogP contribution in [0.5, 0.6) is 17.2 Å². The van der Waals surface area contributed by atoms with Gasteiger partial charge in [-0.2, -0.15) is 0 Å². The van der Waals surface area contributed by atoms with Crippen LogP contribution in [0.2, 0.25) is 0 Å². The monoisotopic (exact) mass is 215 g/mol. The van der Waals surface area contributed by atoms with Crippen LogP contribution in [0.25, 0.3) is 0 Å². The fourth-order valence-electron chi connectivity index (χ4n) is 1.30. The van der Waals surface area contributed by atoms with E-state index in [0.717, 1.165) is 5.56 Å². The minimum absolute atomic E-state index is 0.0336. The highest BCUT2D eigenvalue weighted by Crippen LogP contribution is 2.29. The highest BCUT2D eigenvalue weighted by atomic mass is 16.5. The predicted molar refractivity (Wildman–Crippen MR) is 59.4 cm³/mol. The fraction of sp³-hybridized carbons (Fsp3) is 0.0769. The molecule has 3 heteroatoms. The van der Waals surface area contributed by atoms with Crippen LogP contribution in [-0.2, 0) is 6.61 Å². The number of aromatic hydroxyl groups is 2. The summed E-state index contributed by atoms with van der Waals surface area (Å²) in [6, 6.07) is 14.8. The minimum Gasteiger partial charge on any atom is -0.507 e. The minimum atomic E-state index is -0.0548. The normalized spacial score (nSPS) is 10.0. The van der Waals surface area contributed by atoms with Crippen molar-refractivity contribution < 1.29 is 14.9 Å². The van der Waals surface area contributed by atoms with Gasteiger partial charge in [-0.15, -0.1) is 0 Å². The molecule has 2 rings (SSSR count). The van der Waals surface area contributed by atoms with Crippen LogP contribution in [0.4, 0.5) is 0 Å². The molecule has 81 valence electrons. The van der Waals surface area contributed by atoms with E-state index in [1.807, 2.05) is 30.3 Å². The lowest BCUT2D eigenvalue weighted by Crippen LogP contribution is -1.95. The topological polar surface area (TPSA) is 49.7 Å². The Bertz CT molecular complexity index is 466. The molecule has 0 aliphatic rings. The number of rotatable bonds is 3. The molecule has 16 heavy (non-hydrogen) atoms. The van der Waals surface area contributed by atoms with Crippen LogP contribution in [0.3, 0.4) is 0 Å². The lowest BCUT2D eigenvalue weighted by Gasteiger charge is -2.07. The van der Waals surface area contributed by atoms with Gasteiger partial charge >= 0.3 is 0 Å². The van der Waals surface area contributed by atoms with Crippen molar-refractivity contribution in [2.24, 2.45) is 0 Å².